The summed E-state index contributed by atoms with van der Waals surface area (Å²) in [5.74, 6) is 1.82. The first-order valence-corrected chi connectivity index (χ1v) is 11.9. The van der Waals surface area contributed by atoms with Gasteiger partial charge < -0.3 is 25.5 Å². The molecule has 9 nitrogen and oxygen atoms in total. The molecule has 0 unspecified atom stereocenters. The number of aromatic nitrogens is 3. The van der Waals surface area contributed by atoms with Crippen LogP contribution in [0, 0.1) is 6.92 Å². The Morgan fingerprint density at radius 2 is 2.03 bits per heavy atom. The van der Waals surface area contributed by atoms with Crippen LogP contribution in [0.5, 0.6) is 0 Å². The maximum Gasteiger partial charge on any atom is 0.267 e. The molecule has 0 aliphatic carbocycles. The molecule has 1 amide bonds. The smallest absolute Gasteiger partial charge is 0.267 e. The molecular weight excluding hydrogens is 462 g/mol. The summed E-state index contributed by atoms with van der Waals surface area (Å²) >= 11 is 7.40. The third-order valence-electron chi connectivity index (χ3n) is 5.44. The fourth-order valence-corrected chi connectivity index (χ4v) is 4.59. The predicted molar refractivity (Wildman–Crippen MR) is 132 cm³/mol. The Labute approximate surface area is 201 Å². The van der Waals surface area contributed by atoms with Gasteiger partial charge in [0, 0.05) is 37.8 Å². The number of aliphatic hydroxyl groups excluding tert-OH is 1. The van der Waals surface area contributed by atoms with Crippen molar-refractivity contribution in [2.45, 2.75) is 20.5 Å². The molecule has 3 N–H and O–H groups in total. The summed E-state index contributed by atoms with van der Waals surface area (Å²) in [7, 11) is 0. The molecule has 1 saturated heterocycles. The second-order valence-corrected chi connectivity index (χ2v) is 9.06. The Morgan fingerprint density at radius 1 is 1.24 bits per heavy atom. The Morgan fingerprint density at radius 3 is 2.76 bits per heavy atom. The van der Waals surface area contributed by atoms with E-state index in [1.165, 1.54) is 17.5 Å². The van der Waals surface area contributed by atoms with Crippen LogP contribution in [0.2, 0.25) is 5.02 Å². The number of benzene rings is 1. The van der Waals surface area contributed by atoms with Gasteiger partial charge >= 0.3 is 0 Å². The van der Waals surface area contributed by atoms with E-state index in [1.807, 2.05) is 13.0 Å². The highest BCUT2D eigenvalue weighted by Crippen LogP contribution is 2.29. The van der Waals surface area contributed by atoms with Crippen LogP contribution >= 0.6 is 22.9 Å². The molecule has 1 aliphatic rings. The van der Waals surface area contributed by atoms with Gasteiger partial charge in [-0.05, 0) is 19.5 Å². The number of amides is 1. The highest BCUT2D eigenvalue weighted by atomic mass is 35.5. The number of rotatable bonds is 7. The summed E-state index contributed by atoms with van der Waals surface area (Å²) in [6, 6.07) is 7.00. The van der Waals surface area contributed by atoms with Crippen molar-refractivity contribution < 1.29 is 9.90 Å². The van der Waals surface area contributed by atoms with E-state index < -0.39 is 0 Å². The van der Waals surface area contributed by atoms with Crippen molar-refractivity contribution in [2.75, 3.05) is 48.3 Å². The topological polar surface area (TPSA) is 107 Å². The number of hydrogen-bond donors (Lipinski definition) is 3. The van der Waals surface area contributed by atoms with Crippen LogP contribution in [0.1, 0.15) is 28.0 Å². The van der Waals surface area contributed by atoms with Crippen LogP contribution in [-0.2, 0) is 6.61 Å². The van der Waals surface area contributed by atoms with Gasteiger partial charge in [-0.15, -0.1) is 0 Å². The minimum atomic E-state index is -0.350. The fraction of sp³-hybridized carbons (Fsp3) is 0.364. The maximum atomic E-state index is 12.7. The number of aryl methyl sites for hydroxylation is 1. The fourth-order valence-electron chi connectivity index (χ4n) is 3.63. The van der Waals surface area contributed by atoms with Gasteiger partial charge in [-0.1, -0.05) is 42.0 Å². The molecule has 1 aromatic carbocycles. The standard InChI is InChI=1S/C22H26ClN7O2S/c1-3-29-7-9-30(10-8-29)19-11-18(25-14(2)26-19)27-22-24-12-17(33-22)21(32)28-20-15(13-31)5-4-6-16(20)23/h4-6,11-12,31H,3,7-10,13H2,1-2H3,(H,28,32)(H,24,25,26,27). The van der Waals surface area contributed by atoms with Crippen LogP contribution in [0.15, 0.2) is 30.5 Å². The number of carbonyl (C=O) groups is 1. The monoisotopic (exact) mass is 487 g/mol. The van der Waals surface area contributed by atoms with Gasteiger partial charge in [-0.2, -0.15) is 0 Å². The Kier molecular flexibility index (Phi) is 7.39. The summed E-state index contributed by atoms with van der Waals surface area (Å²) in [4.78, 5) is 31.2. The number of thiazole rings is 1. The van der Waals surface area contributed by atoms with Crippen molar-refractivity contribution in [3.05, 3.63) is 51.7 Å². The molecule has 0 spiro atoms. The normalized spacial score (nSPS) is 14.4. The number of anilines is 4. The molecule has 4 rings (SSSR count). The molecule has 0 radical (unpaired) electrons. The number of carbonyl (C=O) groups excluding carboxylic acids is 1. The first kappa shape index (κ1) is 23.4. The Hall–Kier alpha value is -2.79. The van der Waals surface area contributed by atoms with Crippen molar-refractivity contribution in [3.63, 3.8) is 0 Å². The Bertz CT molecular complexity index is 1130. The van der Waals surface area contributed by atoms with E-state index in [1.54, 1.807) is 18.2 Å². The molecule has 1 fully saturated rings. The minimum Gasteiger partial charge on any atom is -0.392 e. The number of para-hydroxylation sites is 1. The van der Waals surface area contributed by atoms with Crippen molar-refractivity contribution in [1.29, 1.82) is 0 Å². The van der Waals surface area contributed by atoms with Gasteiger partial charge in [-0.25, -0.2) is 15.0 Å². The molecule has 11 heteroatoms. The van der Waals surface area contributed by atoms with E-state index in [0.29, 0.717) is 37.9 Å². The van der Waals surface area contributed by atoms with Crippen molar-refractivity contribution in [3.8, 4) is 0 Å². The zero-order chi connectivity index (χ0) is 23.4. The number of nitrogens with one attached hydrogen (secondary N) is 2. The molecule has 3 aromatic rings. The molecule has 0 saturated carbocycles. The van der Waals surface area contributed by atoms with Crippen molar-refractivity contribution in [1.82, 2.24) is 19.9 Å². The molecule has 3 heterocycles. The predicted octanol–water partition coefficient (Wildman–Crippen LogP) is 3.53. The quantitative estimate of drug-likeness (QED) is 0.464. The first-order valence-electron chi connectivity index (χ1n) is 10.7. The SMILES string of the molecule is CCN1CCN(c2cc(Nc3ncc(C(=O)Nc4c(Cl)cccc4CO)s3)nc(C)n2)CC1. The highest BCUT2D eigenvalue weighted by molar-refractivity contribution is 7.17. The molecule has 174 valence electrons. The number of piperazine rings is 1. The first-order chi connectivity index (χ1) is 16.0. The average Bonchev–Trinajstić information content (AvgIpc) is 3.28. The molecular formula is C22H26ClN7O2S. The van der Waals surface area contributed by atoms with E-state index >= 15 is 0 Å². The van der Waals surface area contributed by atoms with E-state index in [0.717, 1.165) is 38.5 Å². The summed E-state index contributed by atoms with van der Waals surface area (Å²) < 4.78 is 0. The van der Waals surface area contributed by atoms with Gasteiger partial charge in [0.25, 0.3) is 5.91 Å². The van der Waals surface area contributed by atoms with Crippen LogP contribution < -0.4 is 15.5 Å². The number of likely N-dealkylation sites (N-methyl/N-ethyl adjacent to an activating group) is 1. The minimum absolute atomic E-state index is 0.228. The van der Waals surface area contributed by atoms with Gasteiger partial charge in [0.1, 0.15) is 22.3 Å². The molecule has 0 atom stereocenters. The molecule has 2 aromatic heterocycles. The summed E-state index contributed by atoms with van der Waals surface area (Å²) in [6.45, 7) is 8.73. The van der Waals surface area contributed by atoms with Gasteiger partial charge in [0.2, 0.25) is 0 Å². The van der Waals surface area contributed by atoms with Crippen LogP contribution in [0.4, 0.5) is 22.5 Å². The van der Waals surface area contributed by atoms with Crippen LogP contribution in [-0.4, -0.2) is 63.6 Å². The number of aliphatic hydroxyl groups is 1. The third-order valence-corrected chi connectivity index (χ3v) is 6.67. The number of halogens is 1. The lowest BCUT2D eigenvalue weighted by molar-refractivity contribution is 0.103. The van der Waals surface area contributed by atoms with Crippen LogP contribution in [0.25, 0.3) is 0 Å². The van der Waals surface area contributed by atoms with Gasteiger partial charge in [0.05, 0.1) is 23.5 Å². The van der Waals surface area contributed by atoms with Crippen molar-refractivity contribution >= 4 is 51.3 Å². The maximum absolute atomic E-state index is 12.7. The number of hydrogen-bond acceptors (Lipinski definition) is 9. The lowest BCUT2D eigenvalue weighted by Crippen LogP contribution is -2.46. The second-order valence-electron chi connectivity index (χ2n) is 7.62. The van der Waals surface area contributed by atoms with E-state index in [2.05, 4.69) is 42.3 Å². The summed E-state index contributed by atoms with van der Waals surface area (Å²) in [5.41, 5.74) is 0.941. The van der Waals surface area contributed by atoms with Gasteiger partial charge in [-0.3, -0.25) is 4.79 Å². The van der Waals surface area contributed by atoms with Crippen LogP contribution in [0.3, 0.4) is 0 Å². The lowest BCUT2D eigenvalue weighted by Gasteiger charge is -2.34. The lowest BCUT2D eigenvalue weighted by atomic mass is 10.2. The number of nitrogens with zero attached hydrogens (tertiary/aromatic N) is 5. The summed E-state index contributed by atoms with van der Waals surface area (Å²) in [5, 5.41) is 16.4. The van der Waals surface area contributed by atoms with E-state index in [9.17, 15) is 9.90 Å². The van der Waals surface area contributed by atoms with Crippen molar-refractivity contribution in [2.24, 2.45) is 0 Å². The second kappa shape index (κ2) is 10.4. The molecule has 1 aliphatic heterocycles. The summed E-state index contributed by atoms with van der Waals surface area (Å²) in [6.07, 6.45) is 1.50. The third kappa shape index (κ3) is 5.59. The highest BCUT2D eigenvalue weighted by Gasteiger charge is 2.19. The van der Waals surface area contributed by atoms with E-state index in [4.69, 9.17) is 11.6 Å². The Balaban J connectivity index is 1.46. The molecule has 33 heavy (non-hydrogen) atoms. The molecule has 0 bridgehead atoms. The zero-order valence-corrected chi connectivity index (χ0v) is 20.1. The largest absolute Gasteiger partial charge is 0.392 e. The average molecular weight is 488 g/mol. The van der Waals surface area contributed by atoms with Gasteiger partial charge in [0.15, 0.2) is 5.13 Å². The zero-order valence-electron chi connectivity index (χ0n) is 18.5. The van der Waals surface area contributed by atoms with E-state index in [-0.39, 0.29) is 12.5 Å².